The van der Waals surface area contributed by atoms with Crippen molar-refractivity contribution in [3.05, 3.63) is 53.1 Å². The zero-order valence-electron chi connectivity index (χ0n) is 16.1. The van der Waals surface area contributed by atoms with Gasteiger partial charge in [0.25, 0.3) is 0 Å². The largest absolute Gasteiger partial charge is 0.497 e. The van der Waals surface area contributed by atoms with Gasteiger partial charge in [-0.2, -0.15) is 0 Å². The van der Waals surface area contributed by atoms with Gasteiger partial charge >= 0.3 is 0 Å². The first-order valence-electron chi connectivity index (χ1n) is 9.88. The summed E-state index contributed by atoms with van der Waals surface area (Å²) < 4.78 is 5.18. The van der Waals surface area contributed by atoms with Gasteiger partial charge in [-0.15, -0.1) is 0 Å². The lowest BCUT2D eigenvalue weighted by Gasteiger charge is -2.36. The number of para-hydroxylation sites is 1. The number of nitrogens with one attached hydrogen (secondary N) is 2. The van der Waals surface area contributed by atoms with Gasteiger partial charge in [-0.25, -0.2) is 0 Å². The SMILES string of the molecule is COc1ccc(NC(=O)[C@@H]2C[C@@H]3CCCN3[C@@]23C(=O)Nc2c(Cl)cccc23)cc1. The van der Waals surface area contributed by atoms with E-state index in [0.29, 0.717) is 22.8 Å². The van der Waals surface area contributed by atoms with E-state index in [0.717, 1.165) is 30.7 Å². The van der Waals surface area contributed by atoms with Crippen LogP contribution in [0.1, 0.15) is 24.8 Å². The Kier molecular flexibility index (Phi) is 4.29. The van der Waals surface area contributed by atoms with Gasteiger partial charge in [0.05, 0.1) is 23.7 Å². The summed E-state index contributed by atoms with van der Waals surface area (Å²) in [6.07, 6.45) is 2.68. The zero-order valence-corrected chi connectivity index (χ0v) is 16.8. The van der Waals surface area contributed by atoms with Gasteiger partial charge in [0.15, 0.2) is 0 Å². The number of anilines is 2. The van der Waals surface area contributed by atoms with Crippen molar-refractivity contribution in [3.8, 4) is 5.75 Å². The number of carbonyl (C=O) groups is 2. The second-order valence-corrected chi connectivity index (χ2v) is 8.29. The van der Waals surface area contributed by atoms with Crippen LogP contribution in [0.3, 0.4) is 0 Å². The Morgan fingerprint density at radius 1 is 1.28 bits per heavy atom. The van der Waals surface area contributed by atoms with Gasteiger partial charge in [0, 0.05) is 17.3 Å². The summed E-state index contributed by atoms with van der Waals surface area (Å²) in [4.78, 5) is 29.0. The molecule has 2 saturated heterocycles. The number of hydrogen-bond acceptors (Lipinski definition) is 4. The third kappa shape index (κ3) is 2.59. The molecule has 0 unspecified atom stereocenters. The summed E-state index contributed by atoms with van der Waals surface area (Å²) in [6.45, 7) is 0.802. The molecule has 150 valence electrons. The molecule has 0 aromatic heterocycles. The van der Waals surface area contributed by atoms with E-state index >= 15 is 0 Å². The molecule has 0 bridgehead atoms. The Bertz CT molecular complexity index is 993. The fourth-order valence-electron chi connectivity index (χ4n) is 5.32. The van der Waals surface area contributed by atoms with Crippen molar-refractivity contribution in [1.82, 2.24) is 4.90 Å². The van der Waals surface area contributed by atoms with Crippen LogP contribution in [0, 0.1) is 5.92 Å². The van der Waals surface area contributed by atoms with E-state index in [-0.39, 0.29) is 17.9 Å². The first-order valence-corrected chi connectivity index (χ1v) is 10.3. The average molecular weight is 412 g/mol. The minimum atomic E-state index is -1.00. The maximum Gasteiger partial charge on any atom is 0.250 e. The number of methoxy groups -OCH3 is 1. The van der Waals surface area contributed by atoms with Gasteiger partial charge in [-0.1, -0.05) is 23.7 Å². The molecule has 2 fully saturated rings. The third-order valence-corrected chi connectivity index (χ3v) is 6.84. The topological polar surface area (TPSA) is 70.7 Å². The highest BCUT2D eigenvalue weighted by Gasteiger charge is 2.65. The fourth-order valence-corrected chi connectivity index (χ4v) is 5.54. The van der Waals surface area contributed by atoms with Crippen molar-refractivity contribution in [2.75, 3.05) is 24.3 Å². The lowest BCUT2D eigenvalue weighted by Crippen LogP contribution is -2.53. The number of nitrogens with zero attached hydrogens (tertiary/aromatic N) is 1. The molecule has 2 N–H and O–H groups in total. The summed E-state index contributed by atoms with van der Waals surface area (Å²) in [5.74, 6) is -0.0678. The van der Waals surface area contributed by atoms with E-state index in [9.17, 15) is 9.59 Å². The van der Waals surface area contributed by atoms with E-state index < -0.39 is 11.5 Å². The molecule has 3 aliphatic heterocycles. The van der Waals surface area contributed by atoms with Crippen LogP contribution < -0.4 is 15.4 Å². The molecule has 29 heavy (non-hydrogen) atoms. The molecule has 0 radical (unpaired) electrons. The maximum atomic E-state index is 13.4. The maximum absolute atomic E-state index is 13.4. The number of carbonyl (C=O) groups excluding carboxylic acids is 2. The second-order valence-electron chi connectivity index (χ2n) is 7.88. The quantitative estimate of drug-likeness (QED) is 0.809. The van der Waals surface area contributed by atoms with Crippen LogP contribution in [0.2, 0.25) is 5.02 Å². The Balaban J connectivity index is 1.55. The van der Waals surface area contributed by atoms with Crippen LogP contribution in [0.25, 0.3) is 0 Å². The van der Waals surface area contributed by atoms with Crippen molar-refractivity contribution in [1.29, 1.82) is 0 Å². The predicted octanol–water partition coefficient (Wildman–Crippen LogP) is 3.62. The van der Waals surface area contributed by atoms with Gasteiger partial charge in [-0.05, 0) is 56.1 Å². The number of benzene rings is 2. The molecule has 5 rings (SSSR count). The molecule has 2 amide bonds. The number of hydrogen-bond donors (Lipinski definition) is 2. The van der Waals surface area contributed by atoms with E-state index in [2.05, 4.69) is 15.5 Å². The van der Waals surface area contributed by atoms with Crippen LogP contribution in [-0.4, -0.2) is 36.4 Å². The van der Waals surface area contributed by atoms with Crippen molar-refractivity contribution in [3.63, 3.8) is 0 Å². The highest BCUT2D eigenvalue weighted by Crippen LogP contribution is 2.56. The normalized spacial score (nSPS) is 27.6. The summed E-state index contributed by atoms with van der Waals surface area (Å²) >= 11 is 6.38. The van der Waals surface area contributed by atoms with Gasteiger partial charge in [0.1, 0.15) is 11.3 Å². The molecule has 0 saturated carbocycles. The number of rotatable bonds is 3. The van der Waals surface area contributed by atoms with E-state index in [1.165, 1.54) is 0 Å². The highest BCUT2D eigenvalue weighted by atomic mass is 35.5. The minimum Gasteiger partial charge on any atom is -0.497 e. The summed E-state index contributed by atoms with van der Waals surface area (Å²) in [7, 11) is 1.60. The predicted molar refractivity (Wildman–Crippen MR) is 111 cm³/mol. The minimum absolute atomic E-state index is 0.146. The molecule has 3 heterocycles. The monoisotopic (exact) mass is 411 g/mol. The van der Waals surface area contributed by atoms with Crippen LogP contribution in [-0.2, 0) is 15.1 Å². The number of ether oxygens (including phenoxy) is 1. The van der Waals surface area contributed by atoms with Gasteiger partial charge < -0.3 is 15.4 Å². The molecule has 6 nitrogen and oxygen atoms in total. The van der Waals surface area contributed by atoms with Crippen molar-refractivity contribution >= 4 is 34.8 Å². The molecular weight excluding hydrogens is 390 g/mol. The molecular formula is C22H22ClN3O3. The summed E-state index contributed by atoms with van der Waals surface area (Å²) in [5.41, 5.74) is 1.13. The van der Waals surface area contributed by atoms with Crippen molar-refractivity contribution in [2.24, 2.45) is 5.92 Å². The smallest absolute Gasteiger partial charge is 0.250 e. The standard InChI is InChI=1S/C22H22ClN3O3/c1-29-15-9-7-13(8-10-15)24-20(27)17-12-14-4-3-11-26(14)22(17)16-5-2-6-18(23)19(16)25-21(22)28/h2,5-10,14,17H,3-4,11-12H2,1H3,(H,24,27)(H,25,28)/t14-,17-,22+/m0/s1. The lowest BCUT2D eigenvalue weighted by atomic mass is 9.78. The fraction of sp³-hybridized carbons (Fsp3) is 0.364. The van der Waals surface area contributed by atoms with Crippen molar-refractivity contribution in [2.45, 2.75) is 30.8 Å². The average Bonchev–Trinajstić information content (AvgIpc) is 3.38. The third-order valence-electron chi connectivity index (χ3n) is 6.53. The molecule has 2 aromatic rings. The lowest BCUT2D eigenvalue weighted by molar-refractivity contribution is -0.135. The van der Waals surface area contributed by atoms with Crippen LogP contribution >= 0.6 is 11.6 Å². The molecule has 1 spiro atoms. The molecule has 0 aliphatic carbocycles. The zero-order chi connectivity index (χ0) is 20.2. The highest BCUT2D eigenvalue weighted by molar-refractivity contribution is 6.35. The Hall–Kier alpha value is -2.57. The van der Waals surface area contributed by atoms with E-state index in [1.54, 1.807) is 37.4 Å². The number of amides is 2. The van der Waals surface area contributed by atoms with Crippen molar-refractivity contribution < 1.29 is 14.3 Å². The second kappa shape index (κ2) is 6.75. The van der Waals surface area contributed by atoms with Gasteiger partial charge in [0.2, 0.25) is 11.8 Å². The van der Waals surface area contributed by atoms with Crippen LogP contribution in [0.5, 0.6) is 5.75 Å². The molecule has 2 aromatic carbocycles. The molecule has 3 aliphatic rings. The first kappa shape index (κ1) is 18.5. The van der Waals surface area contributed by atoms with Crippen LogP contribution in [0.15, 0.2) is 42.5 Å². The summed E-state index contributed by atoms with van der Waals surface area (Å²) in [5, 5.41) is 6.48. The first-order chi connectivity index (χ1) is 14.1. The Morgan fingerprint density at radius 3 is 2.83 bits per heavy atom. The van der Waals surface area contributed by atoms with E-state index in [4.69, 9.17) is 16.3 Å². The number of halogens is 1. The molecule has 7 heteroatoms. The van der Waals surface area contributed by atoms with Crippen LogP contribution in [0.4, 0.5) is 11.4 Å². The Labute approximate surface area is 174 Å². The van der Waals surface area contributed by atoms with E-state index in [1.807, 2.05) is 12.1 Å². The number of fused-ring (bicyclic) bond motifs is 4. The Morgan fingerprint density at radius 2 is 2.07 bits per heavy atom. The summed E-state index contributed by atoms with van der Waals surface area (Å²) in [6, 6.07) is 13.0. The van der Waals surface area contributed by atoms with Gasteiger partial charge in [-0.3, -0.25) is 14.5 Å². The molecule has 3 atom stereocenters.